The first-order valence-corrected chi connectivity index (χ1v) is 11.4. The van der Waals surface area contributed by atoms with E-state index in [9.17, 15) is 9.59 Å². The number of nitrogens with one attached hydrogen (secondary N) is 1. The van der Waals surface area contributed by atoms with Gasteiger partial charge in [-0.15, -0.1) is 10.2 Å². The van der Waals surface area contributed by atoms with Gasteiger partial charge in [-0.2, -0.15) is 0 Å². The van der Waals surface area contributed by atoms with Crippen LogP contribution in [0.3, 0.4) is 0 Å². The van der Waals surface area contributed by atoms with Crippen molar-refractivity contribution < 1.29 is 9.59 Å². The lowest BCUT2D eigenvalue weighted by Crippen LogP contribution is -2.44. The summed E-state index contributed by atoms with van der Waals surface area (Å²) in [6.07, 6.45) is 5.60. The molecule has 1 N–H and O–H groups in total. The highest BCUT2D eigenvalue weighted by Gasteiger charge is 2.30. The molecule has 0 unspecified atom stereocenters. The lowest BCUT2D eigenvalue weighted by atomic mass is 9.96. The zero-order valence-corrected chi connectivity index (χ0v) is 17.4. The molecule has 0 bridgehead atoms. The van der Waals surface area contributed by atoms with Crippen LogP contribution in [0.25, 0.3) is 0 Å². The number of carbonyl (C=O) groups is 2. The zero-order chi connectivity index (χ0) is 19.5. The minimum atomic E-state index is 0.0836. The lowest BCUT2D eigenvalue weighted by Gasteiger charge is -2.31. The number of rotatable bonds is 6. The van der Waals surface area contributed by atoms with E-state index < -0.39 is 0 Å². The van der Waals surface area contributed by atoms with Crippen LogP contribution in [0, 0.1) is 5.92 Å². The number of aromatic nitrogens is 2. The third-order valence-corrected chi connectivity index (χ3v) is 7.27. The van der Waals surface area contributed by atoms with Crippen LogP contribution in [-0.2, 0) is 9.59 Å². The highest BCUT2D eigenvalue weighted by atomic mass is 32.1. The van der Waals surface area contributed by atoms with Gasteiger partial charge in [0.25, 0.3) is 0 Å². The minimum absolute atomic E-state index is 0.0836. The van der Waals surface area contributed by atoms with Crippen LogP contribution >= 0.6 is 11.3 Å². The Hall–Kier alpha value is -1.74. The van der Waals surface area contributed by atoms with Gasteiger partial charge in [-0.25, -0.2) is 0 Å². The van der Waals surface area contributed by atoms with E-state index in [1.807, 2.05) is 0 Å². The monoisotopic (exact) mass is 406 g/mol. The molecule has 2 amide bonds. The van der Waals surface area contributed by atoms with Crippen molar-refractivity contribution in [1.82, 2.24) is 20.4 Å². The molecule has 3 aliphatic heterocycles. The molecule has 4 rings (SSSR count). The maximum atomic E-state index is 12.6. The van der Waals surface area contributed by atoms with E-state index in [2.05, 4.69) is 32.2 Å². The largest absolute Gasteiger partial charge is 0.354 e. The van der Waals surface area contributed by atoms with Crippen LogP contribution in [0.1, 0.15) is 45.4 Å². The minimum Gasteiger partial charge on any atom is -0.354 e. The van der Waals surface area contributed by atoms with E-state index >= 15 is 0 Å². The Morgan fingerprint density at radius 1 is 1.11 bits per heavy atom. The standard InChI is InChI=1S/C19H30N6O2S/c1-2-23-9-3-5-15(23)13-20-17(27)14-7-11-24(12-8-14)18-21-22-19(28-18)25-10-4-6-16(25)26/h14-15H,2-13H2,1H3,(H,20,27)/t15-/m1/s1. The molecule has 8 nitrogen and oxygen atoms in total. The maximum Gasteiger partial charge on any atom is 0.228 e. The molecule has 154 valence electrons. The quantitative estimate of drug-likeness (QED) is 0.771. The highest BCUT2D eigenvalue weighted by molar-refractivity contribution is 7.19. The van der Waals surface area contributed by atoms with Crippen LogP contribution in [0.15, 0.2) is 0 Å². The van der Waals surface area contributed by atoms with Gasteiger partial charge in [0.15, 0.2) is 0 Å². The van der Waals surface area contributed by atoms with Gasteiger partial charge >= 0.3 is 0 Å². The van der Waals surface area contributed by atoms with Crippen molar-refractivity contribution in [3.63, 3.8) is 0 Å². The Morgan fingerprint density at radius 3 is 2.61 bits per heavy atom. The number of piperidine rings is 1. The molecular weight excluding hydrogens is 376 g/mol. The van der Waals surface area contributed by atoms with Gasteiger partial charge in [0, 0.05) is 44.6 Å². The molecule has 1 aromatic rings. The van der Waals surface area contributed by atoms with Crippen molar-refractivity contribution in [2.24, 2.45) is 5.92 Å². The molecule has 3 saturated heterocycles. The van der Waals surface area contributed by atoms with Gasteiger partial charge in [0.2, 0.25) is 22.1 Å². The first-order valence-electron chi connectivity index (χ1n) is 10.6. The van der Waals surface area contributed by atoms with Gasteiger partial charge in [-0.05, 0) is 45.2 Å². The number of anilines is 2. The molecule has 0 radical (unpaired) electrons. The molecule has 9 heteroatoms. The number of amides is 2. The summed E-state index contributed by atoms with van der Waals surface area (Å²) in [4.78, 5) is 30.9. The van der Waals surface area contributed by atoms with Gasteiger partial charge in [0.1, 0.15) is 0 Å². The fraction of sp³-hybridized carbons (Fsp3) is 0.789. The van der Waals surface area contributed by atoms with Crippen molar-refractivity contribution >= 4 is 33.4 Å². The third kappa shape index (κ3) is 4.15. The molecule has 1 atom stereocenters. The summed E-state index contributed by atoms with van der Waals surface area (Å²) < 4.78 is 0. The van der Waals surface area contributed by atoms with Gasteiger partial charge in [-0.1, -0.05) is 18.3 Å². The van der Waals surface area contributed by atoms with Crippen molar-refractivity contribution in [2.75, 3.05) is 49.1 Å². The number of hydrogen-bond acceptors (Lipinski definition) is 7. The molecule has 4 heterocycles. The van der Waals surface area contributed by atoms with E-state index in [1.54, 1.807) is 4.90 Å². The van der Waals surface area contributed by atoms with Crippen molar-refractivity contribution in [3.05, 3.63) is 0 Å². The molecule has 0 aromatic carbocycles. The predicted octanol–water partition coefficient (Wildman–Crippen LogP) is 1.48. The SMILES string of the molecule is CCN1CCC[C@@H]1CNC(=O)C1CCN(c2nnc(N3CCCC3=O)s2)CC1. The molecular formula is C19H30N6O2S. The lowest BCUT2D eigenvalue weighted by molar-refractivity contribution is -0.125. The van der Waals surface area contributed by atoms with Gasteiger partial charge in [-0.3, -0.25) is 19.4 Å². The summed E-state index contributed by atoms with van der Waals surface area (Å²) in [7, 11) is 0. The molecule has 3 aliphatic rings. The van der Waals surface area contributed by atoms with Crippen molar-refractivity contribution in [2.45, 2.75) is 51.5 Å². The second-order valence-electron chi connectivity index (χ2n) is 7.95. The van der Waals surface area contributed by atoms with Gasteiger partial charge < -0.3 is 10.2 Å². The maximum absolute atomic E-state index is 12.6. The smallest absolute Gasteiger partial charge is 0.228 e. The van der Waals surface area contributed by atoms with Crippen LogP contribution in [0.2, 0.25) is 0 Å². The second-order valence-corrected chi connectivity index (χ2v) is 8.88. The first-order chi connectivity index (χ1) is 13.7. The Morgan fingerprint density at radius 2 is 1.89 bits per heavy atom. The molecule has 3 fully saturated rings. The number of carbonyl (C=O) groups excluding carboxylic acids is 2. The molecule has 28 heavy (non-hydrogen) atoms. The van der Waals surface area contributed by atoms with E-state index in [1.165, 1.54) is 24.2 Å². The zero-order valence-electron chi connectivity index (χ0n) is 16.6. The van der Waals surface area contributed by atoms with Gasteiger partial charge in [0.05, 0.1) is 0 Å². The average Bonchev–Trinajstić information content (AvgIpc) is 3.46. The molecule has 1 aromatic heterocycles. The Kier molecular flexibility index (Phi) is 6.10. The third-order valence-electron chi connectivity index (χ3n) is 6.26. The summed E-state index contributed by atoms with van der Waals surface area (Å²) >= 11 is 1.48. The Labute approximate surface area is 170 Å². The normalized spacial score (nSPS) is 24.3. The van der Waals surface area contributed by atoms with E-state index in [0.29, 0.717) is 17.6 Å². The molecule has 0 aliphatic carbocycles. The Bertz CT molecular complexity index is 702. The Balaban J connectivity index is 1.25. The van der Waals surface area contributed by atoms with Crippen molar-refractivity contribution in [3.8, 4) is 0 Å². The first kappa shape index (κ1) is 19.6. The number of likely N-dealkylation sites (N-methyl/N-ethyl adjacent to an activating group) is 1. The molecule has 0 spiro atoms. The second kappa shape index (κ2) is 8.73. The van der Waals surface area contributed by atoms with E-state index in [0.717, 1.165) is 63.7 Å². The summed E-state index contributed by atoms with van der Waals surface area (Å²) in [6, 6.07) is 0.502. The topological polar surface area (TPSA) is 81.7 Å². The fourth-order valence-corrected chi connectivity index (χ4v) is 5.48. The van der Waals surface area contributed by atoms with Crippen molar-refractivity contribution in [1.29, 1.82) is 0 Å². The summed E-state index contributed by atoms with van der Waals surface area (Å²) in [5.41, 5.74) is 0. The number of likely N-dealkylation sites (tertiary alicyclic amines) is 1. The summed E-state index contributed by atoms with van der Waals surface area (Å²) in [6.45, 7) is 7.54. The highest BCUT2D eigenvalue weighted by Crippen LogP contribution is 2.32. The number of hydrogen-bond donors (Lipinski definition) is 1. The summed E-state index contributed by atoms with van der Waals surface area (Å²) in [5.74, 6) is 0.422. The average molecular weight is 407 g/mol. The van der Waals surface area contributed by atoms with Crippen LogP contribution in [0.5, 0.6) is 0 Å². The van der Waals surface area contributed by atoms with Crippen LogP contribution < -0.4 is 15.1 Å². The van der Waals surface area contributed by atoms with E-state index in [4.69, 9.17) is 0 Å². The number of nitrogens with zero attached hydrogens (tertiary/aromatic N) is 5. The summed E-state index contributed by atoms with van der Waals surface area (Å²) in [5, 5.41) is 13.3. The van der Waals surface area contributed by atoms with Crippen LogP contribution in [0.4, 0.5) is 10.3 Å². The van der Waals surface area contributed by atoms with Crippen LogP contribution in [-0.4, -0.2) is 72.2 Å². The predicted molar refractivity (Wildman–Crippen MR) is 110 cm³/mol. The molecule has 0 saturated carbocycles. The fourth-order valence-electron chi connectivity index (χ4n) is 4.53. The van der Waals surface area contributed by atoms with E-state index in [-0.39, 0.29) is 17.7 Å².